The molecule has 2 amide bonds. The number of amides is 2. The number of carbonyl (C=O) groups excluding carboxylic acids is 2. The summed E-state index contributed by atoms with van der Waals surface area (Å²) in [6.07, 6.45) is 1.03. The molecule has 3 aromatic rings. The maximum absolute atomic E-state index is 12.5. The van der Waals surface area contributed by atoms with Crippen molar-refractivity contribution in [3.63, 3.8) is 0 Å². The second-order valence-corrected chi connectivity index (χ2v) is 8.49. The van der Waals surface area contributed by atoms with Crippen LogP contribution in [0.5, 0.6) is 0 Å². The molecule has 0 spiro atoms. The van der Waals surface area contributed by atoms with Gasteiger partial charge in [-0.2, -0.15) is 0 Å². The molecule has 140 valence electrons. The number of fused-ring (bicyclic) bond motifs is 1. The van der Waals surface area contributed by atoms with Gasteiger partial charge in [-0.05, 0) is 67.0 Å². The molecule has 0 atom stereocenters. The third-order valence-electron chi connectivity index (χ3n) is 3.24. The molecule has 2 aromatic heterocycles. The van der Waals surface area contributed by atoms with E-state index in [0.29, 0.717) is 26.5 Å². The first-order valence-electron chi connectivity index (χ1n) is 8.03. The Morgan fingerprint density at radius 1 is 1.15 bits per heavy atom. The van der Waals surface area contributed by atoms with Crippen molar-refractivity contribution in [2.24, 2.45) is 0 Å². The highest BCUT2D eigenvalue weighted by Crippen LogP contribution is 2.27. The van der Waals surface area contributed by atoms with Crippen molar-refractivity contribution in [1.29, 1.82) is 0 Å². The Hall–Kier alpha value is -2.52. The molecule has 0 aliphatic rings. The lowest BCUT2D eigenvalue weighted by Crippen LogP contribution is -2.27. The summed E-state index contributed by atoms with van der Waals surface area (Å²) < 4.78 is 6.64. The van der Waals surface area contributed by atoms with Gasteiger partial charge in [0.05, 0.1) is 10.2 Å². The largest absolute Gasteiger partial charge is 0.444 e. The molecule has 7 nitrogen and oxygen atoms in total. The van der Waals surface area contributed by atoms with Crippen LogP contribution >= 0.6 is 27.3 Å². The van der Waals surface area contributed by atoms with Crippen molar-refractivity contribution in [2.45, 2.75) is 26.4 Å². The second kappa shape index (κ2) is 7.61. The van der Waals surface area contributed by atoms with Crippen molar-refractivity contribution in [1.82, 2.24) is 9.97 Å². The topological polar surface area (TPSA) is 93.2 Å². The van der Waals surface area contributed by atoms with Crippen LogP contribution in [-0.2, 0) is 4.74 Å². The molecule has 1 aromatic carbocycles. The highest BCUT2D eigenvalue weighted by molar-refractivity contribution is 9.10. The van der Waals surface area contributed by atoms with E-state index in [-0.39, 0.29) is 5.91 Å². The van der Waals surface area contributed by atoms with Gasteiger partial charge in [0, 0.05) is 17.4 Å². The number of ether oxygens (including phenoxy) is 1. The lowest BCUT2D eigenvalue weighted by molar-refractivity contribution is 0.0635. The summed E-state index contributed by atoms with van der Waals surface area (Å²) in [4.78, 5) is 32.7. The number of thiazole rings is 1. The number of aromatic nitrogens is 2. The van der Waals surface area contributed by atoms with Crippen molar-refractivity contribution in [2.75, 3.05) is 10.6 Å². The van der Waals surface area contributed by atoms with Gasteiger partial charge in [0.15, 0.2) is 5.13 Å². The van der Waals surface area contributed by atoms with Crippen LogP contribution in [0.2, 0.25) is 0 Å². The van der Waals surface area contributed by atoms with Crippen LogP contribution in [0.1, 0.15) is 31.1 Å². The van der Waals surface area contributed by atoms with E-state index in [1.807, 2.05) is 0 Å². The zero-order chi connectivity index (χ0) is 19.6. The number of pyridine rings is 1. The first kappa shape index (κ1) is 19.2. The van der Waals surface area contributed by atoms with Crippen LogP contribution < -0.4 is 10.6 Å². The first-order valence-corrected chi connectivity index (χ1v) is 9.64. The predicted octanol–water partition coefficient (Wildman–Crippen LogP) is 5.05. The highest BCUT2D eigenvalue weighted by Gasteiger charge is 2.18. The molecule has 0 saturated heterocycles. The van der Waals surface area contributed by atoms with E-state index in [2.05, 4.69) is 36.5 Å². The van der Waals surface area contributed by atoms with Crippen molar-refractivity contribution >= 4 is 60.3 Å². The first-order chi connectivity index (χ1) is 12.7. The molecule has 9 heteroatoms. The van der Waals surface area contributed by atoms with E-state index >= 15 is 0 Å². The summed E-state index contributed by atoms with van der Waals surface area (Å²) in [5.74, 6) is -0.245. The zero-order valence-corrected chi connectivity index (χ0v) is 17.3. The molecule has 2 heterocycles. The number of nitrogens with one attached hydrogen (secondary N) is 2. The van der Waals surface area contributed by atoms with Gasteiger partial charge >= 0.3 is 6.09 Å². The normalized spacial score (nSPS) is 11.3. The van der Waals surface area contributed by atoms with Crippen LogP contribution in [0, 0.1) is 0 Å². The number of rotatable bonds is 3. The fraction of sp³-hybridized carbons (Fsp3) is 0.222. The number of carbonyl (C=O) groups is 2. The molecule has 0 saturated carbocycles. The average Bonchev–Trinajstić information content (AvgIpc) is 2.93. The maximum Gasteiger partial charge on any atom is 0.413 e. The number of hydrogen-bond donors (Lipinski definition) is 2. The fourth-order valence-electron chi connectivity index (χ4n) is 2.19. The zero-order valence-electron chi connectivity index (χ0n) is 14.9. The third-order valence-corrected chi connectivity index (χ3v) is 4.61. The van der Waals surface area contributed by atoms with Crippen molar-refractivity contribution < 1.29 is 14.3 Å². The van der Waals surface area contributed by atoms with Gasteiger partial charge in [-0.15, -0.1) is 0 Å². The van der Waals surface area contributed by atoms with Gasteiger partial charge in [-0.3, -0.25) is 10.1 Å². The van der Waals surface area contributed by atoms with Crippen molar-refractivity contribution in [3.8, 4) is 0 Å². The Bertz CT molecular complexity index is 1010. The van der Waals surface area contributed by atoms with Gasteiger partial charge < -0.3 is 10.1 Å². The molecule has 0 radical (unpaired) electrons. The molecular weight excluding hydrogens is 432 g/mol. The summed E-state index contributed by atoms with van der Waals surface area (Å²) >= 11 is 4.54. The Kier molecular flexibility index (Phi) is 5.43. The Morgan fingerprint density at radius 3 is 2.63 bits per heavy atom. The van der Waals surface area contributed by atoms with E-state index in [4.69, 9.17) is 4.74 Å². The fourth-order valence-corrected chi connectivity index (χ4v) is 3.45. The molecule has 0 aliphatic heterocycles. The van der Waals surface area contributed by atoms with E-state index in [1.165, 1.54) is 11.3 Å². The number of nitrogens with zero attached hydrogens (tertiary/aromatic N) is 2. The minimum atomic E-state index is -0.589. The van der Waals surface area contributed by atoms with Crippen molar-refractivity contribution in [3.05, 3.63) is 46.7 Å². The SMILES string of the molecule is CC(C)(C)OC(=O)Nc1nc2ccc(C(=O)Nc3ccnc(Br)c3)cc2s1. The summed E-state index contributed by atoms with van der Waals surface area (Å²) in [7, 11) is 0. The molecule has 0 fully saturated rings. The van der Waals surface area contributed by atoms with E-state index in [9.17, 15) is 9.59 Å². The minimum Gasteiger partial charge on any atom is -0.444 e. The van der Waals surface area contributed by atoms with Crippen LogP contribution in [0.25, 0.3) is 10.2 Å². The monoisotopic (exact) mass is 448 g/mol. The van der Waals surface area contributed by atoms with Crippen LogP contribution in [-0.4, -0.2) is 27.6 Å². The number of anilines is 2. The minimum absolute atomic E-state index is 0.245. The van der Waals surface area contributed by atoms with Gasteiger partial charge in [-0.25, -0.2) is 14.8 Å². The Morgan fingerprint density at radius 2 is 1.93 bits per heavy atom. The number of benzene rings is 1. The molecule has 0 bridgehead atoms. The summed E-state index contributed by atoms with van der Waals surface area (Å²) in [6, 6.07) is 8.58. The smallest absolute Gasteiger partial charge is 0.413 e. The summed E-state index contributed by atoms with van der Waals surface area (Å²) in [6.45, 7) is 5.37. The quantitative estimate of drug-likeness (QED) is 0.546. The average molecular weight is 449 g/mol. The van der Waals surface area contributed by atoms with E-state index < -0.39 is 11.7 Å². The van der Waals surface area contributed by atoms with Gasteiger partial charge in [0.1, 0.15) is 10.2 Å². The van der Waals surface area contributed by atoms with E-state index in [1.54, 1.807) is 57.3 Å². The third kappa shape index (κ3) is 5.24. The lowest BCUT2D eigenvalue weighted by Gasteiger charge is -2.18. The van der Waals surface area contributed by atoms with Gasteiger partial charge in [0.25, 0.3) is 5.91 Å². The lowest BCUT2D eigenvalue weighted by atomic mass is 10.2. The van der Waals surface area contributed by atoms with Crippen LogP contribution in [0.3, 0.4) is 0 Å². The van der Waals surface area contributed by atoms with E-state index in [0.717, 1.165) is 4.70 Å². The number of halogens is 1. The number of hydrogen-bond acceptors (Lipinski definition) is 6. The molecular formula is C18H17BrN4O3S. The molecule has 3 rings (SSSR count). The van der Waals surface area contributed by atoms with Gasteiger partial charge in [0.2, 0.25) is 0 Å². The maximum atomic E-state index is 12.5. The summed E-state index contributed by atoms with van der Waals surface area (Å²) in [5, 5.41) is 5.84. The Labute approximate surface area is 168 Å². The Balaban J connectivity index is 1.75. The second-order valence-electron chi connectivity index (χ2n) is 6.65. The highest BCUT2D eigenvalue weighted by atomic mass is 79.9. The molecule has 0 aliphatic carbocycles. The predicted molar refractivity (Wildman–Crippen MR) is 109 cm³/mol. The molecule has 27 heavy (non-hydrogen) atoms. The molecule has 0 unspecified atom stereocenters. The van der Waals surface area contributed by atoms with Crippen LogP contribution in [0.15, 0.2) is 41.1 Å². The standard InChI is InChI=1S/C18H17BrN4O3S/c1-18(2,3)26-17(25)23-16-22-12-5-4-10(8-13(12)27-16)15(24)21-11-6-7-20-14(19)9-11/h4-9H,1-3H3,(H,20,21,24)(H,22,23,25). The summed E-state index contributed by atoms with van der Waals surface area (Å²) in [5.41, 5.74) is 1.23. The van der Waals surface area contributed by atoms with Crippen LogP contribution in [0.4, 0.5) is 15.6 Å². The van der Waals surface area contributed by atoms with Gasteiger partial charge in [-0.1, -0.05) is 11.3 Å². The molecule has 2 N–H and O–H groups in total.